The minimum atomic E-state index is -0.273. The van der Waals surface area contributed by atoms with Crippen molar-refractivity contribution in [1.82, 2.24) is 0 Å². The fraction of sp³-hybridized carbons (Fsp3) is 1.00. The molecule has 0 spiro atoms. The van der Waals surface area contributed by atoms with Gasteiger partial charge < -0.3 is 9.47 Å². The lowest BCUT2D eigenvalue weighted by Gasteiger charge is -2.25. The van der Waals surface area contributed by atoms with Crippen molar-refractivity contribution in [3.05, 3.63) is 0 Å². The van der Waals surface area contributed by atoms with Crippen LogP contribution in [0.2, 0.25) is 0 Å². The van der Waals surface area contributed by atoms with E-state index in [0.29, 0.717) is 6.10 Å². The number of hydrogen-bond acceptors (Lipinski definition) is 2. The van der Waals surface area contributed by atoms with Gasteiger partial charge in [-0.25, -0.2) is 0 Å². The molecule has 1 saturated carbocycles. The molecule has 1 aliphatic carbocycles. The molecule has 1 aliphatic rings. The highest BCUT2D eigenvalue weighted by molar-refractivity contribution is 14.1. The zero-order chi connectivity index (χ0) is 9.68. The molecule has 0 saturated heterocycles. The van der Waals surface area contributed by atoms with Crippen molar-refractivity contribution in [1.29, 1.82) is 0 Å². The van der Waals surface area contributed by atoms with Crippen LogP contribution < -0.4 is 0 Å². The van der Waals surface area contributed by atoms with Crippen molar-refractivity contribution in [3.8, 4) is 0 Å². The van der Waals surface area contributed by atoms with E-state index >= 15 is 0 Å². The summed E-state index contributed by atoms with van der Waals surface area (Å²) in [6, 6.07) is 0. The Hall–Kier alpha value is 0.940. The molecule has 1 fully saturated rings. The number of halogens is 2. The Morgan fingerprint density at radius 2 is 1.92 bits per heavy atom. The van der Waals surface area contributed by atoms with Crippen molar-refractivity contribution >= 4 is 34.2 Å². The summed E-state index contributed by atoms with van der Waals surface area (Å²) in [6.45, 7) is 1.80. The monoisotopic (exact) mass is 318 g/mol. The molecule has 2 nitrogen and oxygen atoms in total. The van der Waals surface area contributed by atoms with E-state index in [4.69, 9.17) is 21.1 Å². The summed E-state index contributed by atoms with van der Waals surface area (Å²) in [4.78, 5) is 0. The molecule has 0 bridgehead atoms. The van der Waals surface area contributed by atoms with E-state index in [9.17, 15) is 0 Å². The quantitative estimate of drug-likeness (QED) is 0.447. The molecule has 13 heavy (non-hydrogen) atoms. The predicted molar refractivity (Wildman–Crippen MR) is 62.2 cm³/mol. The summed E-state index contributed by atoms with van der Waals surface area (Å²) >= 11 is 7.81. The maximum atomic E-state index is 5.68. The number of hydrogen-bond donors (Lipinski definition) is 0. The fourth-order valence-electron chi connectivity index (χ4n) is 1.53. The molecule has 0 aromatic rings. The Bertz CT molecular complexity index is 138. The van der Waals surface area contributed by atoms with E-state index in [0.717, 1.165) is 0 Å². The van der Waals surface area contributed by atoms with Gasteiger partial charge in [0.2, 0.25) is 4.30 Å². The maximum Gasteiger partial charge on any atom is 0.212 e. The Morgan fingerprint density at radius 3 is 2.46 bits per heavy atom. The third-order valence-corrected chi connectivity index (χ3v) is 2.84. The number of alkyl halides is 2. The van der Waals surface area contributed by atoms with Gasteiger partial charge >= 0.3 is 0 Å². The predicted octanol–water partition coefficient (Wildman–Crippen LogP) is 3.66. The summed E-state index contributed by atoms with van der Waals surface area (Å²) in [5, 5.41) is 0. The van der Waals surface area contributed by atoms with Crippen LogP contribution >= 0.6 is 34.2 Å². The Morgan fingerprint density at radius 1 is 1.31 bits per heavy atom. The molecule has 4 heteroatoms. The van der Waals surface area contributed by atoms with Gasteiger partial charge in [-0.3, -0.25) is 0 Å². The van der Waals surface area contributed by atoms with Gasteiger partial charge in [-0.05, 0) is 42.4 Å². The highest BCUT2D eigenvalue weighted by Crippen LogP contribution is 2.24. The first-order valence-corrected chi connectivity index (χ1v) is 6.46. The van der Waals surface area contributed by atoms with E-state index in [-0.39, 0.29) is 9.86 Å². The van der Waals surface area contributed by atoms with Gasteiger partial charge in [0.15, 0.2) is 0 Å². The summed E-state index contributed by atoms with van der Waals surface area (Å²) in [6.07, 6.45) is 6.62. The third kappa shape index (κ3) is 5.40. The number of rotatable bonds is 4. The zero-order valence-electron chi connectivity index (χ0n) is 7.84. The maximum absolute atomic E-state index is 5.68. The average molecular weight is 319 g/mol. The molecular formula is C9H16ClIO2. The minimum Gasteiger partial charge on any atom is -0.341 e. The van der Waals surface area contributed by atoms with Crippen LogP contribution in [-0.2, 0) is 9.47 Å². The van der Waals surface area contributed by atoms with Crippen LogP contribution in [0.3, 0.4) is 0 Å². The van der Waals surface area contributed by atoms with Crippen LogP contribution in [0.5, 0.6) is 0 Å². The molecule has 0 aromatic carbocycles. The van der Waals surface area contributed by atoms with Gasteiger partial charge in [0.1, 0.15) is 5.56 Å². The SMILES string of the molecule is CC(Cl)OC(I)OC1CCCCC1. The van der Waals surface area contributed by atoms with E-state index in [1.165, 1.54) is 32.1 Å². The molecule has 0 aliphatic heterocycles. The Kier molecular flexibility index (Phi) is 5.94. The first-order valence-electron chi connectivity index (χ1n) is 4.77. The highest BCUT2D eigenvalue weighted by Gasteiger charge is 2.18. The van der Waals surface area contributed by atoms with Crippen molar-refractivity contribution in [2.75, 3.05) is 0 Å². The lowest BCUT2D eigenvalue weighted by atomic mass is 9.98. The summed E-state index contributed by atoms with van der Waals surface area (Å²) < 4.78 is 10.8. The molecule has 1 rings (SSSR count). The van der Waals surface area contributed by atoms with Crippen LogP contribution in [0.25, 0.3) is 0 Å². The molecule has 0 heterocycles. The van der Waals surface area contributed by atoms with Crippen molar-refractivity contribution in [2.45, 2.75) is 55.0 Å². The summed E-state index contributed by atoms with van der Waals surface area (Å²) in [5.74, 6) is 0. The lowest BCUT2D eigenvalue weighted by molar-refractivity contribution is -0.118. The van der Waals surface area contributed by atoms with Gasteiger partial charge in [-0.15, -0.1) is 0 Å². The van der Waals surface area contributed by atoms with E-state index < -0.39 is 0 Å². The molecule has 2 atom stereocenters. The molecular weight excluding hydrogens is 302 g/mol. The molecule has 78 valence electrons. The van der Waals surface area contributed by atoms with E-state index in [1.807, 2.05) is 0 Å². The second-order valence-electron chi connectivity index (χ2n) is 3.35. The molecule has 2 unspecified atom stereocenters. The highest BCUT2D eigenvalue weighted by atomic mass is 127. The van der Waals surface area contributed by atoms with Crippen LogP contribution in [-0.4, -0.2) is 16.0 Å². The molecule has 0 aromatic heterocycles. The van der Waals surface area contributed by atoms with Gasteiger partial charge in [0.25, 0.3) is 0 Å². The third-order valence-electron chi connectivity index (χ3n) is 2.15. The Labute approximate surface area is 98.4 Å². The smallest absolute Gasteiger partial charge is 0.212 e. The summed E-state index contributed by atoms with van der Waals surface area (Å²) in [5.41, 5.74) is -0.273. The normalized spacial score (nSPS) is 24.2. The van der Waals surface area contributed by atoms with Crippen molar-refractivity contribution in [3.63, 3.8) is 0 Å². The minimum absolute atomic E-state index is 0.201. The van der Waals surface area contributed by atoms with E-state index in [2.05, 4.69) is 22.6 Å². The Balaban J connectivity index is 2.14. The second kappa shape index (κ2) is 6.43. The van der Waals surface area contributed by atoms with Gasteiger partial charge in [0, 0.05) is 0 Å². The van der Waals surface area contributed by atoms with Gasteiger partial charge in [-0.2, -0.15) is 0 Å². The van der Waals surface area contributed by atoms with Crippen LogP contribution in [0.1, 0.15) is 39.0 Å². The summed E-state index contributed by atoms with van der Waals surface area (Å²) in [7, 11) is 0. The standard InChI is InChI=1S/C9H16ClIO2/c1-7(10)12-9(11)13-8-5-3-2-4-6-8/h7-9H,2-6H2,1H3. The van der Waals surface area contributed by atoms with Crippen LogP contribution in [0.4, 0.5) is 0 Å². The fourth-order valence-corrected chi connectivity index (χ4v) is 2.65. The largest absolute Gasteiger partial charge is 0.341 e. The molecule has 0 N–H and O–H groups in total. The first kappa shape index (κ1) is 12.0. The molecule has 0 amide bonds. The first-order chi connectivity index (χ1) is 6.18. The van der Waals surface area contributed by atoms with Crippen LogP contribution in [0.15, 0.2) is 0 Å². The number of ether oxygens (including phenoxy) is 2. The topological polar surface area (TPSA) is 18.5 Å². The second-order valence-corrected chi connectivity index (χ2v) is 4.98. The van der Waals surface area contributed by atoms with E-state index in [1.54, 1.807) is 6.92 Å². The van der Waals surface area contributed by atoms with Crippen molar-refractivity contribution in [2.24, 2.45) is 0 Å². The average Bonchev–Trinajstić information content (AvgIpc) is 2.04. The zero-order valence-corrected chi connectivity index (χ0v) is 10.8. The van der Waals surface area contributed by atoms with Crippen LogP contribution in [0, 0.1) is 0 Å². The van der Waals surface area contributed by atoms with Gasteiger partial charge in [-0.1, -0.05) is 30.9 Å². The van der Waals surface area contributed by atoms with Gasteiger partial charge in [0.05, 0.1) is 6.10 Å². The lowest BCUT2D eigenvalue weighted by Crippen LogP contribution is -2.23. The van der Waals surface area contributed by atoms with Crippen molar-refractivity contribution < 1.29 is 9.47 Å². The molecule has 0 radical (unpaired) electrons.